The Bertz CT molecular complexity index is 1030. The number of rotatable bonds is 3. The summed E-state index contributed by atoms with van der Waals surface area (Å²) < 4.78 is 5.62. The van der Waals surface area contributed by atoms with E-state index in [1.807, 2.05) is 0 Å². The molecule has 3 rings (SSSR count). The van der Waals surface area contributed by atoms with Gasteiger partial charge in [-0.2, -0.15) is 0 Å². The Labute approximate surface area is 136 Å². The number of phenolic OH excluding ortho intramolecular Hbond substituents is 3. The fourth-order valence-corrected chi connectivity index (χ4v) is 2.62. The van der Waals surface area contributed by atoms with Gasteiger partial charge in [0.15, 0.2) is 11.3 Å². The number of benzene rings is 2. The van der Waals surface area contributed by atoms with Crippen molar-refractivity contribution in [3.8, 4) is 17.2 Å². The van der Waals surface area contributed by atoms with E-state index >= 15 is 0 Å². The molecule has 24 heavy (non-hydrogen) atoms. The Morgan fingerprint density at radius 1 is 1.17 bits per heavy atom. The zero-order valence-corrected chi connectivity index (χ0v) is 12.9. The van der Waals surface area contributed by atoms with Gasteiger partial charge in [0, 0.05) is 18.1 Å². The molecule has 124 valence electrons. The third-order valence-electron chi connectivity index (χ3n) is 3.98. The monoisotopic (exact) mass is 328 g/mol. The molecule has 6 nitrogen and oxygen atoms in total. The van der Waals surface area contributed by atoms with Gasteiger partial charge >= 0.3 is 0 Å². The first-order valence-electron chi connectivity index (χ1n) is 7.27. The quantitative estimate of drug-likeness (QED) is 0.434. The molecule has 6 heteroatoms. The molecular formula is C18H16O6. The number of hydrogen-bond donors (Lipinski definition) is 4. The number of fused-ring (bicyclic) bond motifs is 2. The van der Waals surface area contributed by atoms with Crippen LogP contribution in [-0.2, 0) is 6.42 Å². The van der Waals surface area contributed by atoms with Crippen LogP contribution in [0, 0.1) is 0 Å². The van der Waals surface area contributed by atoms with E-state index in [1.54, 1.807) is 6.92 Å². The predicted octanol–water partition coefficient (Wildman–Crippen LogP) is 2.54. The first kappa shape index (κ1) is 15.9. The van der Waals surface area contributed by atoms with Crippen LogP contribution in [-0.4, -0.2) is 26.5 Å². The first-order valence-corrected chi connectivity index (χ1v) is 7.27. The molecular weight excluding hydrogens is 312 g/mol. The molecule has 0 spiro atoms. The van der Waals surface area contributed by atoms with Crippen LogP contribution in [0.4, 0.5) is 0 Å². The number of aliphatic hydroxyl groups is 1. The van der Waals surface area contributed by atoms with Gasteiger partial charge in [0.2, 0.25) is 5.43 Å². The molecule has 2 aromatic carbocycles. The van der Waals surface area contributed by atoms with Crippen molar-refractivity contribution in [3.63, 3.8) is 0 Å². The van der Waals surface area contributed by atoms with Crippen LogP contribution in [0.15, 0.2) is 45.6 Å². The molecule has 3 aromatic rings. The van der Waals surface area contributed by atoms with Gasteiger partial charge in [0.05, 0.1) is 11.5 Å². The molecule has 0 aliphatic carbocycles. The highest BCUT2D eigenvalue weighted by Crippen LogP contribution is 2.37. The van der Waals surface area contributed by atoms with Gasteiger partial charge in [0.1, 0.15) is 22.5 Å². The fraction of sp³-hybridized carbons (Fsp3) is 0.167. The molecule has 4 N–H and O–H groups in total. The molecule has 0 bridgehead atoms. The van der Waals surface area contributed by atoms with E-state index in [0.29, 0.717) is 5.57 Å². The maximum absolute atomic E-state index is 12.7. The highest BCUT2D eigenvalue weighted by Gasteiger charge is 2.21. The molecule has 1 heterocycles. The maximum atomic E-state index is 12.7. The molecule has 0 amide bonds. The summed E-state index contributed by atoms with van der Waals surface area (Å²) >= 11 is 0. The van der Waals surface area contributed by atoms with E-state index in [1.165, 1.54) is 18.2 Å². The third kappa shape index (κ3) is 2.37. The first-order chi connectivity index (χ1) is 11.3. The Balaban J connectivity index is 2.45. The van der Waals surface area contributed by atoms with Gasteiger partial charge in [-0.05, 0) is 19.1 Å². The van der Waals surface area contributed by atoms with E-state index in [0.717, 1.165) is 6.07 Å². The van der Waals surface area contributed by atoms with Crippen LogP contribution in [0.2, 0.25) is 0 Å². The number of hydrogen-bond acceptors (Lipinski definition) is 6. The molecule has 0 fully saturated rings. The zero-order valence-electron chi connectivity index (χ0n) is 12.9. The van der Waals surface area contributed by atoms with Gasteiger partial charge in [0.25, 0.3) is 0 Å². The van der Waals surface area contributed by atoms with Crippen LogP contribution in [0.3, 0.4) is 0 Å². The molecule has 0 aliphatic heterocycles. The zero-order chi connectivity index (χ0) is 17.6. The average molecular weight is 328 g/mol. The molecule has 0 radical (unpaired) electrons. The maximum Gasteiger partial charge on any atom is 0.204 e. The topological polar surface area (TPSA) is 111 Å². The Morgan fingerprint density at radius 2 is 1.88 bits per heavy atom. The van der Waals surface area contributed by atoms with Gasteiger partial charge in [-0.1, -0.05) is 18.2 Å². The van der Waals surface area contributed by atoms with Crippen molar-refractivity contribution in [3.05, 3.63) is 52.2 Å². The number of phenols is 3. The highest BCUT2D eigenvalue weighted by molar-refractivity contribution is 5.97. The molecule has 1 unspecified atom stereocenters. The van der Waals surface area contributed by atoms with E-state index in [9.17, 15) is 25.2 Å². The van der Waals surface area contributed by atoms with Gasteiger partial charge in [-0.15, -0.1) is 0 Å². The smallest absolute Gasteiger partial charge is 0.204 e. The lowest BCUT2D eigenvalue weighted by Crippen LogP contribution is -2.12. The van der Waals surface area contributed by atoms with Crippen molar-refractivity contribution in [2.75, 3.05) is 0 Å². The van der Waals surface area contributed by atoms with E-state index in [4.69, 9.17) is 4.42 Å². The second-order valence-corrected chi connectivity index (χ2v) is 5.75. The molecule has 1 atom stereocenters. The van der Waals surface area contributed by atoms with Crippen LogP contribution in [0.5, 0.6) is 17.2 Å². The van der Waals surface area contributed by atoms with Crippen molar-refractivity contribution in [2.45, 2.75) is 19.4 Å². The molecule has 0 aliphatic rings. The van der Waals surface area contributed by atoms with Crippen molar-refractivity contribution < 1.29 is 24.8 Å². The van der Waals surface area contributed by atoms with Crippen LogP contribution in [0.25, 0.3) is 21.9 Å². The summed E-state index contributed by atoms with van der Waals surface area (Å²) in [6.45, 7) is 5.27. The summed E-state index contributed by atoms with van der Waals surface area (Å²) in [7, 11) is 0. The van der Waals surface area contributed by atoms with Crippen LogP contribution in [0.1, 0.15) is 12.5 Å². The number of aliphatic hydroxyl groups excluding tert-OH is 1. The Hall–Kier alpha value is -2.99. The number of aromatic hydroxyl groups is 3. The summed E-state index contributed by atoms with van der Waals surface area (Å²) in [5.41, 5.74) is -0.0364. The second kappa shape index (κ2) is 5.58. The van der Waals surface area contributed by atoms with Gasteiger partial charge < -0.3 is 24.8 Å². The predicted molar refractivity (Wildman–Crippen MR) is 89.5 cm³/mol. The minimum absolute atomic E-state index is 0.0499. The largest absolute Gasteiger partial charge is 0.507 e. The summed E-state index contributed by atoms with van der Waals surface area (Å²) in [6.07, 6.45) is -1.02. The van der Waals surface area contributed by atoms with Crippen molar-refractivity contribution in [1.29, 1.82) is 0 Å². The van der Waals surface area contributed by atoms with Gasteiger partial charge in [-0.25, -0.2) is 0 Å². The van der Waals surface area contributed by atoms with Crippen molar-refractivity contribution in [1.82, 2.24) is 0 Å². The van der Waals surface area contributed by atoms with Crippen LogP contribution < -0.4 is 5.43 Å². The minimum Gasteiger partial charge on any atom is -0.507 e. The standard InChI is InChI=1S/C18H16O6/c1-8(2)12(20)6-10-13(21)7-14(22)15-16(23)9-4-3-5-11(19)17(9)24-18(10)15/h3-5,7,12,19-22H,1,6H2,2H3. The fourth-order valence-electron chi connectivity index (χ4n) is 2.62. The molecule has 0 saturated heterocycles. The van der Waals surface area contributed by atoms with Gasteiger partial charge in [-0.3, -0.25) is 4.79 Å². The lowest BCUT2D eigenvalue weighted by molar-refractivity contribution is 0.210. The Kier molecular flexibility index (Phi) is 3.69. The van der Waals surface area contributed by atoms with Crippen molar-refractivity contribution >= 4 is 21.9 Å². The van der Waals surface area contributed by atoms with E-state index in [-0.39, 0.29) is 45.4 Å². The molecule has 1 aromatic heterocycles. The molecule has 0 saturated carbocycles. The Morgan fingerprint density at radius 3 is 2.54 bits per heavy atom. The van der Waals surface area contributed by atoms with E-state index < -0.39 is 17.3 Å². The minimum atomic E-state index is -0.964. The lowest BCUT2D eigenvalue weighted by Gasteiger charge is -2.14. The third-order valence-corrected chi connectivity index (χ3v) is 3.98. The second-order valence-electron chi connectivity index (χ2n) is 5.75. The number of para-hydroxylation sites is 1. The highest BCUT2D eigenvalue weighted by atomic mass is 16.4. The van der Waals surface area contributed by atoms with Crippen molar-refractivity contribution in [2.24, 2.45) is 0 Å². The summed E-state index contributed by atoms with van der Waals surface area (Å²) in [4.78, 5) is 12.7. The van der Waals surface area contributed by atoms with E-state index in [2.05, 4.69) is 6.58 Å². The normalized spacial score (nSPS) is 12.6. The average Bonchev–Trinajstić information content (AvgIpc) is 2.51. The lowest BCUT2D eigenvalue weighted by atomic mass is 9.99. The summed E-state index contributed by atoms with van der Waals surface area (Å²) in [5, 5.41) is 40.1. The summed E-state index contributed by atoms with van der Waals surface area (Å²) in [6, 6.07) is 5.36. The summed E-state index contributed by atoms with van der Waals surface area (Å²) in [5.74, 6) is -0.992. The SMILES string of the molecule is C=C(C)C(O)Cc1c(O)cc(O)c2c(=O)c3cccc(O)c3oc12. The van der Waals surface area contributed by atoms with Crippen LogP contribution >= 0.6 is 0 Å².